The van der Waals surface area contributed by atoms with Crippen molar-refractivity contribution in [3.05, 3.63) is 28.3 Å². The highest BCUT2D eigenvalue weighted by Gasteiger charge is 2.33. The van der Waals surface area contributed by atoms with Crippen LogP contribution in [0.25, 0.3) is 0 Å². The molecular formula is C33H56O5. The number of ether oxygens (including phenoxy) is 2. The number of carbonyl (C=O) groups is 2. The van der Waals surface area contributed by atoms with Crippen LogP contribution in [0.4, 0.5) is 0 Å². The van der Waals surface area contributed by atoms with Gasteiger partial charge < -0.3 is 14.6 Å². The third kappa shape index (κ3) is 10.3. The lowest BCUT2D eigenvalue weighted by molar-refractivity contribution is -0.163. The molecule has 0 spiro atoms. The zero-order valence-electron chi connectivity index (χ0n) is 25.8. The molecule has 0 fully saturated rings. The number of phenolic OH excluding ortho intramolecular Hbond substituents is 1. The van der Waals surface area contributed by atoms with Gasteiger partial charge in [0.15, 0.2) is 5.92 Å². The maximum absolute atomic E-state index is 13.4. The van der Waals surface area contributed by atoms with Gasteiger partial charge in [0, 0.05) is 0 Å². The van der Waals surface area contributed by atoms with Crippen LogP contribution in [0, 0.1) is 24.7 Å². The van der Waals surface area contributed by atoms with Crippen molar-refractivity contribution in [2.75, 3.05) is 13.2 Å². The van der Waals surface area contributed by atoms with Gasteiger partial charge in [0.1, 0.15) is 5.75 Å². The number of phenols is 1. The van der Waals surface area contributed by atoms with Gasteiger partial charge in [-0.3, -0.25) is 9.59 Å². The molecule has 0 radical (unpaired) electrons. The first kappa shape index (κ1) is 34.0. The van der Waals surface area contributed by atoms with Crippen molar-refractivity contribution in [3.8, 4) is 5.75 Å². The Morgan fingerprint density at radius 3 is 1.66 bits per heavy atom. The largest absolute Gasteiger partial charge is 0.507 e. The molecule has 218 valence electrons. The van der Waals surface area contributed by atoms with Crippen molar-refractivity contribution >= 4 is 11.9 Å². The van der Waals surface area contributed by atoms with Crippen LogP contribution >= 0.6 is 0 Å². The van der Waals surface area contributed by atoms with E-state index >= 15 is 0 Å². The molecule has 2 atom stereocenters. The summed E-state index contributed by atoms with van der Waals surface area (Å²) in [5, 5.41) is 11.0. The lowest BCUT2D eigenvalue weighted by Gasteiger charge is -2.24. The first-order valence-corrected chi connectivity index (χ1v) is 15.2. The Bertz CT molecular complexity index is 825. The Hall–Kier alpha value is -2.04. The van der Waals surface area contributed by atoms with Gasteiger partial charge in [0.25, 0.3) is 0 Å². The Morgan fingerprint density at radius 1 is 0.816 bits per heavy atom. The molecule has 5 nitrogen and oxygen atoms in total. The fourth-order valence-corrected chi connectivity index (χ4v) is 5.11. The summed E-state index contributed by atoms with van der Waals surface area (Å²) in [4.78, 5) is 26.8. The Balaban J connectivity index is 3.29. The third-order valence-electron chi connectivity index (χ3n) is 7.95. The number of hydrogen-bond donors (Lipinski definition) is 1. The molecule has 1 rings (SSSR count). The van der Waals surface area contributed by atoms with E-state index < -0.39 is 17.9 Å². The van der Waals surface area contributed by atoms with Gasteiger partial charge in [-0.25, -0.2) is 0 Å². The molecule has 5 heteroatoms. The summed E-state index contributed by atoms with van der Waals surface area (Å²) in [6, 6.07) is 1.96. The summed E-state index contributed by atoms with van der Waals surface area (Å²) in [5.41, 5.74) is 3.54. The number of esters is 2. The van der Waals surface area contributed by atoms with E-state index in [2.05, 4.69) is 41.5 Å². The normalized spacial score (nSPS) is 14.0. The van der Waals surface area contributed by atoms with E-state index in [4.69, 9.17) is 9.47 Å². The molecule has 0 amide bonds. The predicted molar refractivity (Wildman–Crippen MR) is 157 cm³/mol. The van der Waals surface area contributed by atoms with Crippen molar-refractivity contribution in [1.29, 1.82) is 0 Å². The van der Waals surface area contributed by atoms with Gasteiger partial charge in [-0.1, -0.05) is 100.0 Å². The standard InChI is InChI=1S/C33H56O5/c1-10-14-16-25(12-3)20-37-32(35)29(33(36)38-21-26(13-4)17-15-11-2)19-27-18-28(22(5)6)31(34)30(23(7)8)24(27)9/h18,22-23,25-26,29,34H,10-17,19-21H2,1-9H3. The summed E-state index contributed by atoms with van der Waals surface area (Å²) in [6.07, 6.45) is 8.50. The molecule has 1 aromatic rings. The molecule has 1 aromatic carbocycles. The second kappa shape index (κ2) is 17.5. The van der Waals surface area contributed by atoms with Crippen molar-refractivity contribution in [3.63, 3.8) is 0 Å². The highest BCUT2D eigenvalue weighted by molar-refractivity contribution is 5.95. The minimum absolute atomic E-state index is 0.108. The highest BCUT2D eigenvalue weighted by atomic mass is 16.6. The predicted octanol–water partition coefficient (Wildman–Crippen LogP) is 8.63. The maximum atomic E-state index is 13.4. The number of rotatable bonds is 18. The lowest BCUT2D eigenvalue weighted by atomic mass is 9.84. The zero-order valence-corrected chi connectivity index (χ0v) is 25.8. The van der Waals surface area contributed by atoms with E-state index in [1.165, 1.54) is 0 Å². The molecule has 0 bridgehead atoms. The number of aromatic hydroxyl groups is 1. The maximum Gasteiger partial charge on any atom is 0.320 e. The average Bonchev–Trinajstić information content (AvgIpc) is 2.87. The van der Waals surface area contributed by atoms with Gasteiger partial charge >= 0.3 is 11.9 Å². The highest BCUT2D eigenvalue weighted by Crippen LogP contribution is 2.38. The van der Waals surface area contributed by atoms with Crippen LogP contribution in [0.15, 0.2) is 6.07 Å². The van der Waals surface area contributed by atoms with Gasteiger partial charge in [-0.15, -0.1) is 0 Å². The Kier molecular flexibility index (Phi) is 15.7. The quantitative estimate of drug-likeness (QED) is 0.151. The number of hydrogen-bond acceptors (Lipinski definition) is 5. The molecule has 38 heavy (non-hydrogen) atoms. The second-order valence-electron chi connectivity index (χ2n) is 11.7. The molecule has 2 unspecified atom stereocenters. The van der Waals surface area contributed by atoms with Gasteiger partial charge in [0.2, 0.25) is 0 Å². The molecular weight excluding hydrogens is 476 g/mol. The van der Waals surface area contributed by atoms with E-state index in [9.17, 15) is 14.7 Å². The van der Waals surface area contributed by atoms with Crippen molar-refractivity contribution in [1.82, 2.24) is 0 Å². The molecule has 0 aliphatic heterocycles. The molecule has 0 aliphatic carbocycles. The third-order valence-corrected chi connectivity index (χ3v) is 7.95. The van der Waals surface area contributed by atoms with Crippen LogP contribution < -0.4 is 0 Å². The van der Waals surface area contributed by atoms with E-state index in [1.54, 1.807) is 0 Å². The van der Waals surface area contributed by atoms with Crippen LogP contribution in [0.3, 0.4) is 0 Å². The summed E-state index contributed by atoms with van der Waals surface area (Å²) >= 11 is 0. The topological polar surface area (TPSA) is 72.8 Å². The van der Waals surface area contributed by atoms with Crippen LogP contribution in [-0.2, 0) is 25.5 Å². The van der Waals surface area contributed by atoms with Crippen LogP contribution in [0.5, 0.6) is 5.75 Å². The SMILES string of the molecule is CCCCC(CC)COC(=O)C(Cc1cc(C(C)C)c(O)c(C(C)C)c1C)C(=O)OCC(CC)CCCC. The fourth-order valence-electron chi connectivity index (χ4n) is 5.11. The van der Waals surface area contributed by atoms with Crippen LogP contribution in [-0.4, -0.2) is 30.3 Å². The van der Waals surface area contributed by atoms with E-state index in [0.29, 0.717) is 30.8 Å². The van der Waals surface area contributed by atoms with Crippen molar-refractivity contribution < 1.29 is 24.2 Å². The number of unbranched alkanes of at least 4 members (excludes halogenated alkanes) is 2. The van der Waals surface area contributed by atoms with Gasteiger partial charge in [0.05, 0.1) is 13.2 Å². The van der Waals surface area contributed by atoms with Gasteiger partial charge in [-0.05, 0) is 72.1 Å². The second-order valence-corrected chi connectivity index (χ2v) is 11.7. The fraction of sp³-hybridized carbons (Fsp3) is 0.758. The van der Waals surface area contributed by atoms with Gasteiger partial charge in [-0.2, -0.15) is 0 Å². The summed E-state index contributed by atoms with van der Waals surface area (Å²) < 4.78 is 11.6. The summed E-state index contributed by atoms with van der Waals surface area (Å²) in [5.74, 6) is -0.900. The first-order valence-electron chi connectivity index (χ1n) is 15.2. The smallest absolute Gasteiger partial charge is 0.320 e. The van der Waals surface area contributed by atoms with E-state index in [0.717, 1.165) is 73.6 Å². The van der Waals surface area contributed by atoms with Crippen molar-refractivity contribution in [2.45, 2.75) is 132 Å². The number of benzene rings is 1. The molecule has 0 saturated carbocycles. The Morgan fingerprint density at radius 2 is 1.29 bits per heavy atom. The number of carbonyl (C=O) groups excluding carboxylic acids is 2. The molecule has 0 saturated heterocycles. The molecule has 0 aliphatic rings. The minimum Gasteiger partial charge on any atom is -0.507 e. The lowest BCUT2D eigenvalue weighted by Crippen LogP contribution is -2.32. The summed E-state index contributed by atoms with van der Waals surface area (Å²) in [6.45, 7) is 19.4. The van der Waals surface area contributed by atoms with E-state index in [-0.39, 0.29) is 18.3 Å². The monoisotopic (exact) mass is 532 g/mol. The van der Waals surface area contributed by atoms with Crippen molar-refractivity contribution in [2.24, 2.45) is 17.8 Å². The average molecular weight is 533 g/mol. The zero-order chi connectivity index (χ0) is 28.8. The van der Waals surface area contributed by atoms with Crippen LogP contribution in [0.2, 0.25) is 0 Å². The summed E-state index contributed by atoms with van der Waals surface area (Å²) in [7, 11) is 0. The van der Waals surface area contributed by atoms with E-state index in [1.807, 2.05) is 26.8 Å². The minimum atomic E-state index is -1.02. The molecule has 1 N–H and O–H groups in total. The Labute approximate surface area is 233 Å². The van der Waals surface area contributed by atoms with Crippen LogP contribution in [0.1, 0.15) is 141 Å². The first-order chi connectivity index (χ1) is 18.0. The molecule has 0 heterocycles. The molecule has 0 aromatic heterocycles.